The van der Waals surface area contributed by atoms with Crippen LogP contribution in [-0.4, -0.2) is 11.9 Å². The summed E-state index contributed by atoms with van der Waals surface area (Å²) in [6.45, 7) is 16.4. The molecule has 0 unspecified atom stereocenters. The van der Waals surface area contributed by atoms with Crippen LogP contribution < -0.4 is 3.32 Å². The van der Waals surface area contributed by atoms with Crippen LogP contribution in [0.2, 0.25) is 19.6 Å². The van der Waals surface area contributed by atoms with Crippen molar-refractivity contribution in [2.24, 2.45) is 0 Å². The molecule has 0 bridgehead atoms. The van der Waals surface area contributed by atoms with Crippen LogP contribution in [0.1, 0.15) is 49.4 Å². The van der Waals surface area contributed by atoms with Gasteiger partial charge in [-0.2, -0.15) is 0 Å². The van der Waals surface area contributed by atoms with Crippen molar-refractivity contribution >= 4 is 11.9 Å². The van der Waals surface area contributed by atoms with Gasteiger partial charge in [-0.25, -0.2) is 0 Å². The third-order valence-corrected chi connectivity index (χ3v) is 12.9. The summed E-state index contributed by atoms with van der Waals surface area (Å²) >= 11 is -2.45. The molecule has 0 N–H and O–H groups in total. The van der Waals surface area contributed by atoms with Crippen molar-refractivity contribution in [1.29, 1.82) is 0 Å². The van der Waals surface area contributed by atoms with Gasteiger partial charge in [0.05, 0.1) is 0 Å². The second-order valence-corrected chi connectivity index (χ2v) is 19.7. The van der Waals surface area contributed by atoms with E-state index < -0.39 is 25.9 Å². The normalized spacial score (nSPS) is 13.8. The molecule has 35 heavy (non-hydrogen) atoms. The van der Waals surface area contributed by atoms with Gasteiger partial charge in [-0.15, -0.1) is 0 Å². The van der Waals surface area contributed by atoms with Crippen LogP contribution in [0, 0.1) is 6.92 Å². The Morgan fingerprint density at radius 3 is 1.91 bits per heavy atom. The Labute approximate surface area is 219 Å². The van der Waals surface area contributed by atoms with Gasteiger partial charge in [0.2, 0.25) is 0 Å². The van der Waals surface area contributed by atoms with Crippen molar-refractivity contribution in [2.45, 2.75) is 59.2 Å². The van der Waals surface area contributed by atoms with Crippen LogP contribution in [0.25, 0.3) is 0 Å². The molecular formula is C32H38OSiTi. The first-order valence-corrected chi connectivity index (χ1v) is 18.3. The molecule has 0 amide bonds. The van der Waals surface area contributed by atoms with Crippen LogP contribution in [0.3, 0.4) is 0 Å². The molecule has 3 aromatic carbocycles. The Kier molecular flexibility index (Phi) is 7.66. The summed E-state index contributed by atoms with van der Waals surface area (Å²) in [5, 5.41) is 1.58. The third kappa shape index (κ3) is 6.12. The van der Waals surface area contributed by atoms with Gasteiger partial charge in [-0.3, -0.25) is 0 Å². The van der Waals surface area contributed by atoms with Crippen molar-refractivity contribution < 1.29 is 21.1 Å². The molecule has 0 aliphatic heterocycles. The Bertz CT molecular complexity index is 1250. The topological polar surface area (TPSA) is 9.23 Å². The molecule has 4 rings (SSSR count). The van der Waals surface area contributed by atoms with Crippen LogP contribution in [0.15, 0.2) is 100 Å². The van der Waals surface area contributed by atoms with Crippen molar-refractivity contribution in [2.75, 3.05) is 0 Å². The van der Waals surface area contributed by atoms with Gasteiger partial charge >= 0.3 is 220 Å². The Morgan fingerprint density at radius 1 is 0.829 bits per heavy atom. The van der Waals surface area contributed by atoms with Gasteiger partial charge in [-0.05, 0) is 0 Å². The first-order chi connectivity index (χ1) is 16.5. The van der Waals surface area contributed by atoms with E-state index in [4.69, 9.17) is 3.32 Å². The van der Waals surface area contributed by atoms with Crippen molar-refractivity contribution in [1.82, 2.24) is 0 Å². The Morgan fingerprint density at radius 2 is 1.40 bits per heavy atom. The molecule has 180 valence electrons. The van der Waals surface area contributed by atoms with Crippen molar-refractivity contribution in [3.8, 4) is 5.75 Å². The second-order valence-electron chi connectivity index (χ2n) is 11.6. The second kappa shape index (κ2) is 10.4. The summed E-state index contributed by atoms with van der Waals surface area (Å²) in [7, 11) is -1.53. The zero-order valence-corrected chi connectivity index (χ0v) is 24.8. The van der Waals surface area contributed by atoms with Crippen LogP contribution in [-0.2, 0) is 23.2 Å². The predicted octanol–water partition coefficient (Wildman–Crippen LogP) is 8.56. The summed E-state index contributed by atoms with van der Waals surface area (Å²) in [5.41, 5.74) is 5.23. The van der Waals surface area contributed by atoms with Gasteiger partial charge in [0.25, 0.3) is 0 Å². The fourth-order valence-electron chi connectivity index (χ4n) is 4.68. The molecule has 0 aromatic heterocycles. The average Bonchev–Trinajstić information content (AvgIpc) is 3.30. The summed E-state index contributed by atoms with van der Waals surface area (Å²) < 4.78 is 10.2. The van der Waals surface area contributed by atoms with Gasteiger partial charge in [0, 0.05) is 0 Å². The minimum absolute atomic E-state index is 0.0767. The average molecular weight is 515 g/mol. The zero-order valence-electron chi connectivity index (χ0n) is 22.3. The van der Waals surface area contributed by atoms with Gasteiger partial charge in [0.15, 0.2) is 0 Å². The number of allylic oxidation sites excluding steroid dienone is 4. The molecule has 0 saturated carbocycles. The summed E-state index contributed by atoms with van der Waals surface area (Å²) in [4.78, 5) is 0. The predicted molar refractivity (Wildman–Crippen MR) is 151 cm³/mol. The van der Waals surface area contributed by atoms with E-state index in [0.717, 1.165) is 12.2 Å². The maximum atomic E-state index is 7.27. The molecule has 0 saturated heterocycles. The number of rotatable bonds is 6. The Balaban J connectivity index is 2.02. The monoisotopic (exact) mass is 514 g/mol. The molecule has 1 nitrogen and oxygen atoms in total. The van der Waals surface area contributed by atoms with E-state index in [1.807, 2.05) is 0 Å². The van der Waals surface area contributed by atoms with E-state index in [1.165, 1.54) is 26.1 Å². The summed E-state index contributed by atoms with van der Waals surface area (Å²) in [6.07, 6.45) is 5.78. The minimum atomic E-state index is -2.45. The first kappa shape index (κ1) is 25.8. The van der Waals surface area contributed by atoms with Crippen LogP contribution in [0.5, 0.6) is 5.75 Å². The van der Waals surface area contributed by atoms with E-state index in [2.05, 4.69) is 138 Å². The van der Waals surface area contributed by atoms with Crippen LogP contribution in [0.4, 0.5) is 0 Å². The van der Waals surface area contributed by atoms with E-state index in [9.17, 15) is 0 Å². The summed E-state index contributed by atoms with van der Waals surface area (Å²) in [5.74, 6) is 1.02. The molecule has 0 heterocycles. The molecule has 1 aliphatic carbocycles. The number of hydrogen-bond acceptors (Lipinski definition) is 1. The molecule has 0 fully saturated rings. The van der Waals surface area contributed by atoms with Gasteiger partial charge < -0.3 is 0 Å². The molecule has 3 aromatic rings. The van der Waals surface area contributed by atoms with E-state index >= 15 is 0 Å². The maximum absolute atomic E-state index is 7.27. The number of aryl methyl sites for hydroxylation is 1. The van der Waals surface area contributed by atoms with Crippen molar-refractivity contribution in [3.05, 3.63) is 122 Å². The molecular weight excluding hydrogens is 476 g/mol. The third-order valence-electron chi connectivity index (χ3n) is 6.50. The number of hydrogen-bond donors (Lipinski definition) is 0. The van der Waals surface area contributed by atoms with E-state index in [0.29, 0.717) is 0 Å². The SMILES string of the molecule is Cc1cc([O][Ti]([C]2=C([Si](C)(C)C)C=CC2)=[C](c2ccccc2)c2ccccc2)cc(C(C)(C)C)c1. The Hall–Kier alpha value is -2.26. The molecule has 0 spiro atoms. The molecule has 0 atom stereocenters. The quantitative estimate of drug-likeness (QED) is 0.300. The van der Waals surface area contributed by atoms with Crippen molar-refractivity contribution in [3.63, 3.8) is 0 Å². The van der Waals surface area contributed by atoms with Crippen LogP contribution >= 0.6 is 0 Å². The fourth-order valence-corrected chi connectivity index (χ4v) is 12.2. The van der Waals surface area contributed by atoms with Gasteiger partial charge in [0.1, 0.15) is 0 Å². The van der Waals surface area contributed by atoms with Gasteiger partial charge in [-0.1, -0.05) is 0 Å². The first-order valence-electron chi connectivity index (χ1n) is 12.6. The van der Waals surface area contributed by atoms with E-state index in [1.54, 1.807) is 9.07 Å². The van der Waals surface area contributed by atoms with E-state index in [-0.39, 0.29) is 5.41 Å². The molecule has 0 radical (unpaired) electrons. The summed E-state index contributed by atoms with van der Waals surface area (Å²) in [6, 6.07) is 28.7. The molecule has 1 aliphatic rings. The number of benzene rings is 3. The molecule has 3 heteroatoms. The zero-order chi connectivity index (χ0) is 25.2. The fraction of sp³-hybridized carbons (Fsp3) is 0.281. The standard InChI is InChI=1S/C13H10.C11H16O.C8H13Si.Ti/c1-3-7-12(8-4-1)11-13-9-5-2-6-10-13;1-8-5-9(11(2,3)4)7-10(12)6-8;1-9(2,3)8-6-4-5-7-8;/h1-10H;5-7,12H,1-4H3;4,6H,5H2,1-3H3;/q;;;+1/p-1.